The summed E-state index contributed by atoms with van der Waals surface area (Å²) in [6.07, 6.45) is 0. The second kappa shape index (κ2) is 8.60. The van der Waals surface area contributed by atoms with Gasteiger partial charge >= 0.3 is 0 Å². The van der Waals surface area contributed by atoms with Gasteiger partial charge in [-0.2, -0.15) is 10.5 Å². The topological polar surface area (TPSA) is 70.6 Å². The number of hydrogen-bond donors (Lipinski definition) is 0. The smallest absolute Gasteiger partial charge is 0.159 e. The molecule has 3 heterocycles. The molecule has 0 bridgehead atoms. The van der Waals surface area contributed by atoms with Crippen molar-refractivity contribution in [2.45, 2.75) is 0 Å². The Kier molecular flexibility index (Phi) is 4.68. The summed E-state index contributed by atoms with van der Waals surface area (Å²) in [6.45, 7) is 0. The van der Waals surface area contributed by atoms with Crippen LogP contribution in [-0.4, -0.2) is 9.13 Å². The van der Waals surface area contributed by atoms with Crippen LogP contribution < -0.4 is 0 Å². The molecular weight excluding hydrogens is 528 g/mol. The van der Waals surface area contributed by atoms with Crippen molar-refractivity contribution in [3.05, 3.63) is 132 Å². The van der Waals surface area contributed by atoms with Gasteiger partial charge in [0.05, 0.1) is 62.1 Å². The van der Waals surface area contributed by atoms with Crippen LogP contribution in [0.15, 0.2) is 126 Å². The molecule has 0 aliphatic heterocycles. The van der Waals surface area contributed by atoms with E-state index in [1.807, 2.05) is 66.7 Å². The Morgan fingerprint density at radius 2 is 0.977 bits per heavy atom. The van der Waals surface area contributed by atoms with Crippen LogP contribution in [0.5, 0.6) is 0 Å². The third kappa shape index (κ3) is 3.14. The summed E-state index contributed by atoms with van der Waals surface area (Å²) < 4.78 is 11.2. The second-order valence-corrected chi connectivity index (χ2v) is 10.8. The lowest BCUT2D eigenvalue weighted by atomic mass is 10.1. The van der Waals surface area contributed by atoms with E-state index in [4.69, 9.17) is 4.42 Å². The number of aromatic nitrogens is 2. The molecule has 0 N–H and O–H groups in total. The molecule has 0 aliphatic rings. The van der Waals surface area contributed by atoms with Gasteiger partial charge in [-0.1, -0.05) is 54.6 Å². The fraction of sp³-hybridized carbons (Fsp3) is 0. The Bertz CT molecular complexity index is 2710. The van der Waals surface area contributed by atoms with Crippen molar-refractivity contribution in [2.24, 2.45) is 0 Å². The molecule has 0 amide bonds. The number of nitrogens with zero attached hydrogens (tertiary/aromatic N) is 4. The summed E-state index contributed by atoms with van der Waals surface area (Å²) in [7, 11) is 0. The number of furan rings is 1. The lowest BCUT2D eigenvalue weighted by Crippen LogP contribution is -1.95. The van der Waals surface area contributed by atoms with E-state index in [1.54, 1.807) is 0 Å². The molecule has 0 unspecified atom stereocenters. The van der Waals surface area contributed by atoms with Crippen LogP contribution in [0.4, 0.5) is 0 Å². The molecule has 0 saturated carbocycles. The Balaban J connectivity index is 1.39. The minimum atomic E-state index is 0.634. The Morgan fingerprint density at radius 3 is 1.60 bits per heavy atom. The number of nitriles is 2. The number of rotatable bonds is 2. The van der Waals surface area contributed by atoms with E-state index in [1.165, 1.54) is 0 Å². The van der Waals surface area contributed by atoms with Gasteiger partial charge in [-0.15, -0.1) is 0 Å². The van der Waals surface area contributed by atoms with E-state index in [0.717, 1.165) is 76.9 Å². The molecule has 9 rings (SSSR count). The predicted octanol–water partition coefficient (Wildman–Crippen LogP) is 9.52. The Labute approximate surface area is 245 Å². The van der Waals surface area contributed by atoms with Crippen molar-refractivity contribution < 1.29 is 4.42 Å². The molecule has 198 valence electrons. The van der Waals surface area contributed by atoms with E-state index in [9.17, 15) is 10.5 Å². The Morgan fingerprint density at radius 1 is 0.465 bits per heavy atom. The molecule has 0 saturated heterocycles. The molecule has 5 heteroatoms. The molecule has 0 radical (unpaired) electrons. The normalized spacial score (nSPS) is 11.7. The molecule has 5 nitrogen and oxygen atoms in total. The average molecular weight is 549 g/mol. The molecule has 6 aromatic carbocycles. The van der Waals surface area contributed by atoms with Gasteiger partial charge in [-0.25, -0.2) is 0 Å². The van der Waals surface area contributed by atoms with Crippen molar-refractivity contribution in [2.75, 3.05) is 0 Å². The van der Waals surface area contributed by atoms with Crippen LogP contribution in [0.25, 0.3) is 76.9 Å². The van der Waals surface area contributed by atoms with Crippen LogP contribution >= 0.6 is 0 Å². The van der Waals surface area contributed by atoms with Crippen molar-refractivity contribution >= 4 is 65.6 Å². The quantitative estimate of drug-likeness (QED) is 0.216. The summed E-state index contributed by atoms with van der Waals surface area (Å²) in [5.74, 6) is 0. The lowest BCUT2D eigenvalue weighted by molar-refractivity contribution is 0.666. The highest BCUT2D eigenvalue weighted by molar-refractivity contribution is 6.17. The molecule has 0 atom stereocenters. The molecule has 9 aromatic rings. The van der Waals surface area contributed by atoms with Crippen molar-refractivity contribution in [1.29, 1.82) is 10.5 Å². The van der Waals surface area contributed by atoms with Gasteiger partial charge in [-0.05, 0) is 66.7 Å². The maximum atomic E-state index is 9.60. The van der Waals surface area contributed by atoms with Gasteiger partial charge in [0.15, 0.2) is 5.58 Å². The van der Waals surface area contributed by atoms with Gasteiger partial charge in [0.25, 0.3) is 0 Å². The van der Waals surface area contributed by atoms with Crippen molar-refractivity contribution in [3.63, 3.8) is 0 Å². The molecule has 0 aliphatic carbocycles. The maximum absolute atomic E-state index is 9.60. The zero-order valence-corrected chi connectivity index (χ0v) is 22.7. The number of hydrogen-bond acceptors (Lipinski definition) is 3. The zero-order chi connectivity index (χ0) is 28.7. The molecule has 3 aromatic heterocycles. The molecular formula is C38H20N4O. The fourth-order valence-electron chi connectivity index (χ4n) is 6.78. The van der Waals surface area contributed by atoms with Crippen molar-refractivity contribution in [3.8, 4) is 23.5 Å². The van der Waals surface area contributed by atoms with Gasteiger partial charge in [0, 0.05) is 26.9 Å². The van der Waals surface area contributed by atoms with E-state index < -0.39 is 0 Å². The first-order valence-electron chi connectivity index (χ1n) is 14.1. The van der Waals surface area contributed by atoms with E-state index in [-0.39, 0.29) is 0 Å². The third-order valence-electron chi connectivity index (χ3n) is 8.57. The highest BCUT2D eigenvalue weighted by Crippen LogP contribution is 2.42. The largest absolute Gasteiger partial charge is 0.454 e. The first-order chi connectivity index (χ1) is 21.2. The highest BCUT2D eigenvalue weighted by atomic mass is 16.3. The first kappa shape index (κ1) is 23.4. The third-order valence-corrected chi connectivity index (χ3v) is 8.57. The summed E-state index contributed by atoms with van der Waals surface area (Å²) in [4.78, 5) is 0. The first-order valence-corrected chi connectivity index (χ1v) is 14.1. The van der Waals surface area contributed by atoms with Gasteiger partial charge in [0.2, 0.25) is 0 Å². The lowest BCUT2D eigenvalue weighted by Gasteiger charge is -2.10. The fourth-order valence-corrected chi connectivity index (χ4v) is 6.78. The zero-order valence-electron chi connectivity index (χ0n) is 22.7. The maximum Gasteiger partial charge on any atom is 0.159 e. The number of para-hydroxylation sites is 3. The van der Waals surface area contributed by atoms with Crippen LogP contribution in [-0.2, 0) is 0 Å². The van der Waals surface area contributed by atoms with Crippen LogP contribution in [0.2, 0.25) is 0 Å². The number of benzene rings is 6. The minimum Gasteiger partial charge on any atom is -0.454 e. The summed E-state index contributed by atoms with van der Waals surface area (Å²) in [5.41, 5.74) is 9.00. The molecule has 0 fully saturated rings. The van der Waals surface area contributed by atoms with E-state index >= 15 is 0 Å². The Hall–Kier alpha value is -6.30. The SMILES string of the molecule is N#Cc1ccc2c(c1)c1ccccc1n2-c1cccc2c1oc1cccc(-n3c4ccccc4c4cc(C#N)ccc43)c12. The predicted molar refractivity (Wildman–Crippen MR) is 172 cm³/mol. The van der Waals surface area contributed by atoms with Gasteiger partial charge in [-0.3, -0.25) is 0 Å². The molecule has 0 spiro atoms. The average Bonchev–Trinajstić information content (AvgIpc) is 3.72. The van der Waals surface area contributed by atoms with Gasteiger partial charge in [0.1, 0.15) is 5.58 Å². The number of fused-ring (bicyclic) bond motifs is 9. The highest BCUT2D eigenvalue weighted by Gasteiger charge is 2.21. The van der Waals surface area contributed by atoms with Crippen LogP contribution in [0.1, 0.15) is 11.1 Å². The standard InChI is InChI=1S/C38H20N4O/c39-21-23-15-17-32-28(19-23)25-7-1-3-10-30(25)41(32)34-12-6-14-36-37(34)27-9-5-13-35(38(27)43-36)42-31-11-4-2-8-26(31)29-20-24(22-40)16-18-33(29)42/h1-20H. The van der Waals surface area contributed by atoms with E-state index in [0.29, 0.717) is 11.1 Å². The monoisotopic (exact) mass is 548 g/mol. The summed E-state index contributed by atoms with van der Waals surface area (Å²) in [5, 5.41) is 25.5. The van der Waals surface area contributed by atoms with Gasteiger partial charge < -0.3 is 13.6 Å². The van der Waals surface area contributed by atoms with E-state index in [2.05, 4.69) is 75.9 Å². The van der Waals surface area contributed by atoms with Crippen LogP contribution in [0.3, 0.4) is 0 Å². The summed E-state index contributed by atoms with van der Waals surface area (Å²) in [6, 6.07) is 45.4. The summed E-state index contributed by atoms with van der Waals surface area (Å²) >= 11 is 0. The van der Waals surface area contributed by atoms with Crippen molar-refractivity contribution in [1.82, 2.24) is 9.13 Å². The van der Waals surface area contributed by atoms with Crippen LogP contribution in [0, 0.1) is 22.7 Å². The second-order valence-electron chi connectivity index (χ2n) is 10.8. The minimum absolute atomic E-state index is 0.634. The molecule has 43 heavy (non-hydrogen) atoms.